The summed E-state index contributed by atoms with van der Waals surface area (Å²) in [6, 6.07) is 8.87. The lowest BCUT2D eigenvalue weighted by Crippen LogP contribution is -2.24. The van der Waals surface area contributed by atoms with Crippen molar-refractivity contribution in [2.75, 3.05) is 33.0 Å². The van der Waals surface area contributed by atoms with Gasteiger partial charge in [0.1, 0.15) is 0 Å². The number of rotatable bonds is 13. The summed E-state index contributed by atoms with van der Waals surface area (Å²) in [5.74, 6) is 2.47. The fourth-order valence-electron chi connectivity index (χ4n) is 3.89. The fraction of sp³-hybridized carbons (Fsp3) is 0.519. The SMILES string of the molecule is C=C(S/C(C1=NCP(C2CC2)C=C1)=C(\C)c1ccc(C)cc1)N(CCC)CCCCNC. The van der Waals surface area contributed by atoms with E-state index in [9.17, 15) is 0 Å². The van der Waals surface area contributed by atoms with Gasteiger partial charge >= 0.3 is 0 Å². The number of aryl methyl sites for hydroxylation is 1. The van der Waals surface area contributed by atoms with Crippen molar-refractivity contribution >= 4 is 31.0 Å². The Bertz CT molecular complexity index is 852. The van der Waals surface area contributed by atoms with E-state index in [1.165, 1.54) is 47.3 Å². The molecule has 1 heterocycles. The number of unbranched alkanes of at least 4 members (excludes halogenated alkanes) is 1. The summed E-state index contributed by atoms with van der Waals surface area (Å²) in [7, 11) is 1.99. The molecule has 1 unspecified atom stereocenters. The molecule has 1 aliphatic heterocycles. The van der Waals surface area contributed by atoms with Crippen LogP contribution in [0.1, 0.15) is 57.1 Å². The summed E-state index contributed by atoms with van der Waals surface area (Å²) in [4.78, 5) is 8.82. The van der Waals surface area contributed by atoms with Crippen LogP contribution in [-0.4, -0.2) is 49.2 Å². The lowest BCUT2D eigenvalue weighted by molar-refractivity contribution is 0.357. The lowest BCUT2D eigenvalue weighted by Gasteiger charge is -2.28. The number of hydrogen-bond acceptors (Lipinski definition) is 4. The van der Waals surface area contributed by atoms with Crippen molar-refractivity contribution in [3.8, 4) is 0 Å². The summed E-state index contributed by atoms with van der Waals surface area (Å²) in [6.07, 6.45) is 9.61. The molecule has 1 N–H and O–H groups in total. The molecule has 0 aromatic heterocycles. The minimum Gasteiger partial charge on any atom is -0.367 e. The van der Waals surface area contributed by atoms with Gasteiger partial charge in [0.05, 0.1) is 17.0 Å². The Morgan fingerprint density at radius 1 is 1.22 bits per heavy atom. The second kappa shape index (κ2) is 12.8. The number of nitrogens with one attached hydrogen (secondary N) is 1. The van der Waals surface area contributed by atoms with Gasteiger partial charge in [-0.05, 0) is 82.4 Å². The van der Waals surface area contributed by atoms with E-state index in [4.69, 9.17) is 4.99 Å². The van der Waals surface area contributed by atoms with Gasteiger partial charge in [-0.2, -0.15) is 0 Å². The minimum atomic E-state index is -0.0379. The number of thioether (sulfide) groups is 1. The van der Waals surface area contributed by atoms with Crippen molar-refractivity contribution in [2.45, 2.75) is 58.5 Å². The van der Waals surface area contributed by atoms with E-state index in [2.05, 4.69) is 73.7 Å². The third-order valence-corrected chi connectivity index (χ3v) is 9.74. The second-order valence-electron chi connectivity index (χ2n) is 8.86. The molecule has 1 saturated carbocycles. The second-order valence-corrected chi connectivity index (χ2v) is 12.3. The Labute approximate surface area is 201 Å². The van der Waals surface area contributed by atoms with Crippen molar-refractivity contribution < 1.29 is 0 Å². The van der Waals surface area contributed by atoms with Crippen LogP contribution in [0.4, 0.5) is 0 Å². The van der Waals surface area contributed by atoms with Crippen LogP contribution in [0.5, 0.6) is 0 Å². The quantitative estimate of drug-likeness (QED) is 0.244. The molecule has 3 rings (SSSR count). The lowest BCUT2D eigenvalue weighted by atomic mass is 10.0. The summed E-state index contributed by atoms with van der Waals surface area (Å²) in [5.41, 5.74) is 5.93. The number of aliphatic imine (C=N–C) groups is 1. The molecule has 0 radical (unpaired) electrons. The van der Waals surface area contributed by atoms with E-state index in [-0.39, 0.29) is 7.92 Å². The van der Waals surface area contributed by atoms with Crippen LogP contribution in [0.2, 0.25) is 0 Å². The molecule has 0 amide bonds. The van der Waals surface area contributed by atoms with Crippen LogP contribution in [0.3, 0.4) is 0 Å². The van der Waals surface area contributed by atoms with Crippen molar-refractivity contribution in [1.29, 1.82) is 0 Å². The average Bonchev–Trinajstić information content (AvgIpc) is 3.65. The Kier molecular flexibility index (Phi) is 10.1. The van der Waals surface area contributed by atoms with E-state index >= 15 is 0 Å². The number of hydrogen-bond donors (Lipinski definition) is 1. The zero-order chi connectivity index (χ0) is 22.9. The maximum atomic E-state index is 5.09. The first-order valence-corrected chi connectivity index (χ1v) is 14.5. The smallest absolute Gasteiger partial charge is 0.0722 e. The van der Waals surface area contributed by atoms with E-state index in [0.717, 1.165) is 48.7 Å². The molecule has 1 aromatic rings. The Morgan fingerprint density at radius 3 is 2.56 bits per heavy atom. The van der Waals surface area contributed by atoms with Gasteiger partial charge in [-0.1, -0.05) is 68.8 Å². The van der Waals surface area contributed by atoms with Crippen LogP contribution in [0, 0.1) is 6.92 Å². The number of nitrogens with zero attached hydrogens (tertiary/aromatic N) is 2. The summed E-state index contributed by atoms with van der Waals surface area (Å²) >= 11 is 1.82. The van der Waals surface area contributed by atoms with Gasteiger partial charge in [-0.25, -0.2) is 0 Å². The van der Waals surface area contributed by atoms with Gasteiger partial charge in [0.25, 0.3) is 0 Å². The maximum Gasteiger partial charge on any atom is 0.0722 e. The van der Waals surface area contributed by atoms with Crippen LogP contribution < -0.4 is 5.32 Å². The highest BCUT2D eigenvalue weighted by molar-refractivity contribution is 8.07. The van der Waals surface area contributed by atoms with Crippen LogP contribution in [0.15, 0.2) is 57.7 Å². The summed E-state index contributed by atoms with van der Waals surface area (Å²) in [6.45, 7) is 14.3. The van der Waals surface area contributed by atoms with Crippen LogP contribution >= 0.6 is 19.7 Å². The third kappa shape index (κ3) is 7.33. The Morgan fingerprint density at radius 2 is 1.97 bits per heavy atom. The van der Waals surface area contributed by atoms with Crippen molar-refractivity contribution in [2.24, 2.45) is 4.99 Å². The van der Waals surface area contributed by atoms with Crippen LogP contribution in [0.25, 0.3) is 5.57 Å². The highest BCUT2D eigenvalue weighted by Crippen LogP contribution is 2.56. The molecule has 32 heavy (non-hydrogen) atoms. The average molecular weight is 470 g/mol. The van der Waals surface area contributed by atoms with Gasteiger partial charge in [-0.15, -0.1) is 0 Å². The largest absolute Gasteiger partial charge is 0.367 e. The Hall–Kier alpha value is -1.35. The van der Waals surface area contributed by atoms with E-state index in [0.29, 0.717) is 0 Å². The van der Waals surface area contributed by atoms with Crippen molar-refractivity contribution in [3.05, 3.63) is 63.8 Å². The molecule has 3 nitrogen and oxygen atoms in total. The molecule has 1 aromatic carbocycles. The number of allylic oxidation sites excluding steroid dienone is 3. The van der Waals surface area contributed by atoms with Crippen molar-refractivity contribution in [3.63, 3.8) is 0 Å². The summed E-state index contributed by atoms with van der Waals surface area (Å²) < 4.78 is 0. The van der Waals surface area contributed by atoms with Crippen molar-refractivity contribution in [1.82, 2.24) is 10.2 Å². The van der Waals surface area contributed by atoms with E-state index < -0.39 is 0 Å². The molecule has 174 valence electrons. The van der Waals surface area contributed by atoms with Gasteiger partial charge in [-0.3, -0.25) is 4.99 Å². The molecule has 1 fully saturated rings. The summed E-state index contributed by atoms with van der Waals surface area (Å²) in [5, 5.41) is 4.40. The van der Waals surface area contributed by atoms with Gasteiger partial charge in [0, 0.05) is 18.0 Å². The molecule has 0 saturated heterocycles. The maximum absolute atomic E-state index is 5.09. The first kappa shape index (κ1) is 25.3. The normalized spacial score (nSPS) is 18.9. The van der Waals surface area contributed by atoms with Crippen LogP contribution in [-0.2, 0) is 0 Å². The molecular formula is C27H40N3PS. The molecule has 2 aliphatic rings. The minimum absolute atomic E-state index is 0.0379. The first-order valence-electron chi connectivity index (χ1n) is 12.1. The van der Waals surface area contributed by atoms with Gasteiger partial charge in [0.2, 0.25) is 0 Å². The highest BCUT2D eigenvalue weighted by atomic mass is 32.2. The predicted octanol–water partition coefficient (Wildman–Crippen LogP) is 7.21. The monoisotopic (exact) mass is 469 g/mol. The topological polar surface area (TPSA) is 27.6 Å². The number of benzene rings is 1. The predicted molar refractivity (Wildman–Crippen MR) is 147 cm³/mol. The van der Waals surface area contributed by atoms with Gasteiger partial charge < -0.3 is 10.2 Å². The molecular weight excluding hydrogens is 429 g/mol. The zero-order valence-electron chi connectivity index (χ0n) is 20.4. The Balaban J connectivity index is 1.81. The van der Waals surface area contributed by atoms with Gasteiger partial charge in [0.15, 0.2) is 0 Å². The molecule has 0 spiro atoms. The zero-order valence-corrected chi connectivity index (χ0v) is 22.1. The van der Waals surface area contributed by atoms with E-state index in [1.807, 2.05) is 18.8 Å². The highest BCUT2D eigenvalue weighted by Gasteiger charge is 2.30. The van der Waals surface area contributed by atoms with E-state index in [1.54, 1.807) is 0 Å². The molecule has 5 heteroatoms. The standard InChI is InChI=1S/C27H40N3PS/c1-6-17-30(18-8-7-16-28-5)23(4)32-27(22(3)24-11-9-21(2)10-12-24)26-15-19-31(20-29-26)25-13-14-25/h9-12,15,19,25,28H,4,6-8,13-14,16-18,20H2,1-3,5H3/b27-22+. The first-order chi connectivity index (χ1) is 15.5. The molecule has 1 aliphatic carbocycles. The molecule has 0 bridgehead atoms. The fourth-order valence-corrected chi connectivity index (χ4v) is 6.97. The third-order valence-electron chi connectivity index (χ3n) is 6.07. The molecule has 1 atom stereocenters.